The van der Waals surface area contributed by atoms with Gasteiger partial charge in [-0.15, -0.1) is 0 Å². The molecule has 6 aromatic rings. The summed E-state index contributed by atoms with van der Waals surface area (Å²) in [7, 11) is 0. The van der Waals surface area contributed by atoms with Crippen LogP contribution in [-0.2, 0) is 16.2 Å². The van der Waals surface area contributed by atoms with E-state index in [1.54, 1.807) is 0 Å². The lowest BCUT2D eigenvalue weighted by Crippen LogP contribution is -2.14. The first-order valence-electron chi connectivity index (χ1n) is 15.3. The Morgan fingerprint density at radius 3 is 1.60 bits per heavy atom. The lowest BCUT2D eigenvalue weighted by molar-refractivity contribution is 0.590. The Balaban J connectivity index is 1.35. The minimum atomic E-state index is 0.00264. The lowest BCUT2D eigenvalue weighted by Gasteiger charge is -2.22. The molecule has 1 heteroatoms. The minimum Gasteiger partial charge on any atom is -0.309 e. The maximum atomic E-state index is 2.44. The molecular weight excluding hydrogens is 506 g/mol. The summed E-state index contributed by atoms with van der Waals surface area (Å²) in [5.74, 6) is 0. The fraction of sp³-hybridized carbons (Fsp3) is 0.268. The second-order valence-corrected chi connectivity index (χ2v) is 14.8. The van der Waals surface area contributed by atoms with Crippen LogP contribution in [0.1, 0.15) is 77.6 Å². The van der Waals surface area contributed by atoms with Gasteiger partial charge < -0.3 is 4.57 Å². The van der Waals surface area contributed by atoms with Crippen molar-refractivity contribution in [2.45, 2.75) is 71.6 Å². The van der Waals surface area contributed by atoms with Gasteiger partial charge in [-0.05, 0) is 97.8 Å². The van der Waals surface area contributed by atoms with Crippen LogP contribution in [0.5, 0.6) is 0 Å². The van der Waals surface area contributed by atoms with Crippen molar-refractivity contribution in [1.82, 2.24) is 4.57 Å². The Morgan fingerprint density at radius 1 is 0.500 bits per heavy atom. The molecule has 0 spiro atoms. The minimum absolute atomic E-state index is 0.00264. The lowest BCUT2D eigenvalue weighted by atomic mass is 9.81. The van der Waals surface area contributed by atoms with Crippen molar-refractivity contribution in [1.29, 1.82) is 0 Å². The van der Waals surface area contributed by atoms with Gasteiger partial charge in [0.2, 0.25) is 0 Å². The number of hydrogen-bond acceptors (Lipinski definition) is 0. The zero-order chi connectivity index (χ0) is 29.6. The van der Waals surface area contributed by atoms with Crippen LogP contribution in [0.25, 0.3) is 49.7 Å². The van der Waals surface area contributed by atoms with Crippen molar-refractivity contribution in [3.8, 4) is 27.9 Å². The van der Waals surface area contributed by atoms with E-state index in [2.05, 4.69) is 163 Å². The Labute approximate surface area is 250 Å². The summed E-state index contributed by atoms with van der Waals surface area (Å²) < 4.78 is 2.44. The molecule has 42 heavy (non-hydrogen) atoms. The van der Waals surface area contributed by atoms with E-state index < -0.39 is 0 Å². The summed E-state index contributed by atoms with van der Waals surface area (Å²) in [5.41, 5.74) is 14.7. The predicted octanol–water partition coefficient (Wildman–Crippen LogP) is 11.4. The Morgan fingerprint density at radius 2 is 1.02 bits per heavy atom. The second-order valence-electron chi connectivity index (χ2n) is 14.8. The SMILES string of the molecule is CC(C)(C)c1ccc2c(c1)c1cc(C(C)(C)C)ccc1n2-c1ccc(-c2ccc3c(c2)C(C)(C)c2ccccc2-3)cc1. The normalized spacial score (nSPS) is 14.4. The van der Waals surface area contributed by atoms with E-state index in [1.165, 1.54) is 72.0 Å². The molecule has 1 aliphatic rings. The van der Waals surface area contributed by atoms with E-state index >= 15 is 0 Å². The van der Waals surface area contributed by atoms with E-state index in [-0.39, 0.29) is 16.2 Å². The van der Waals surface area contributed by atoms with Gasteiger partial charge in [0, 0.05) is 21.9 Å². The van der Waals surface area contributed by atoms with Gasteiger partial charge >= 0.3 is 0 Å². The average Bonchev–Trinajstić information content (AvgIpc) is 3.40. The fourth-order valence-electron chi connectivity index (χ4n) is 6.92. The summed E-state index contributed by atoms with van der Waals surface area (Å²) in [6.07, 6.45) is 0. The number of nitrogens with zero attached hydrogens (tertiary/aromatic N) is 1. The van der Waals surface area contributed by atoms with Gasteiger partial charge in [-0.2, -0.15) is 0 Å². The van der Waals surface area contributed by atoms with Crippen molar-refractivity contribution >= 4 is 21.8 Å². The van der Waals surface area contributed by atoms with Crippen LogP contribution in [0.4, 0.5) is 0 Å². The number of aromatic nitrogens is 1. The van der Waals surface area contributed by atoms with Gasteiger partial charge in [0.05, 0.1) is 11.0 Å². The summed E-state index contributed by atoms with van der Waals surface area (Å²) in [5, 5.41) is 2.65. The number of benzene rings is 5. The average molecular weight is 548 g/mol. The van der Waals surface area contributed by atoms with Crippen LogP contribution >= 0.6 is 0 Å². The zero-order valence-corrected chi connectivity index (χ0v) is 26.3. The molecule has 5 aromatic carbocycles. The first-order chi connectivity index (χ1) is 19.8. The zero-order valence-electron chi connectivity index (χ0n) is 26.3. The molecule has 0 aliphatic heterocycles. The molecule has 1 nitrogen and oxygen atoms in total. The first kappa shape index (κ1) is 26.8. The van der Waals surface area contributed by atoms with Crippen molar-refractivity contribution in [3.63, 3.8) is 0 Å². The standard InChI is InChI=1S/C41H41N/c1-39(2,3)28-16-21-37-33(24-28)34-25-29(40(4,5)6)17-22-38(34)42(37)30-18-13-26(14-19-30)27-15-20-32-31-11-9-10-12-35(31)41(7,8)36(32)23-27/h9-25H,1-8H3. The monoisotopic (exact) mass is 547 g/mol. The van der Waals surface area contributed by atoms with Gasteiger partial charge in [0.1, 0.15) is 0 Å². The van der Waals surface area contributed by atoms with Crippen molar-refractivity contribution in [3.05, 3.63) is 125 Å². The largest absolute Gasteiger partial charge is 0.309 e. The predicted molar refractivity (Wildman–Crippen MR) is 181 cm³/mol. The molecular formula is C41H41N. The molecule has 0 amide bonds. The van der Waals surface area contributed by atoms with E-state index in [9.17, 15) is 0 Å². The molecule has 0 N–H and O–H groups in total. The highest BCUT2D eigenvalue weighted by molar-refractivity contribution is 6.10. The molecule has 0 bridgehead atoms. The van der Waals surface area contributed by atoms with E-state index in [4.69, 9.17) is 0 Å². The highest BCUT2D eigenvalue weighted by Gasteiger charge is 2.35. The number of rotatable bonds is 2. The van der Waals surface area contributed by atoms with E-state index in [0.717, 1.165) is 0 Å². The molecule has 0 saturated heterocycles. The molecule has 0 atom stereocenters. The van der Waals surface area contributed by atoms with Gasteiger partial charge in [0.25, 0.3) is 0 Å². The Bertz CT molecular complexity index is 1930. The maximum Gasteiger partial charge on any atom is 0.0541 e. The number of fused-ring (bicyclic) bond motifs is 6. The highest BCUT2D eigenvalue weighted by Crippen LogP contribution is 2.49. The van der Waals surface area contributed by atoms with Crippen LogP contribution in [0, 0.1) is 0 Å². The molecule has 1 heterocycles. The third-order valence-corrected chi connectivity index (χ3v) is 9.54. The van der Waals surface area contributed by atoms with Crippen LogP contribution in [0.15, 0.2) is 103 Å². The van der Waals surface area contributed by atoms with Gasteiger partial charge in [-0.3, -0.25) is 0 Å². The third-order valence-electron chi connectivity index (χ3n) is 9.54. The van der Waals surface area contributed by atoms with Crippen LogP contribution in [0.2, 0.25) is 0 Å². The van der Waals surface area contributed by atoms with Crippen molar-refractivity contribution in [2.75, 3.05) is 0 Å². The maximum absolute atomic E-state index is 2.44. The summed E-state index contributed by atoms with van der Waals surface area (Å²) in [4.78, 5) is 0. The van der Waals surface area contributed by atoms with E-state index in [1.807, 2.05) is 0 Å². The van der Waals surface area contributed by atoms with Gasteiger partial charge in [0.15, 0.2) is 0 Å². The van der Waals surface area contributed by atoms with Crippen molar-refractivity contribution in [2.24, 2.45) is 0 Å². The topological polar surface area (TPSA) is 4.93 Å². The Kier molecular flexibility index (Phi) is 5.71. The molecule has 7 rings (SSSR count). The van der Waals surface area contributed by atoms with Crippen LogP contribution in [-0.4, -0.2) is 4.57 Å². The molecule has 1 aliphatic carbocycles. The second kappa shape index (κ2) is 8.95. The molecule has 0 fully saturated rings. The first-order valence-corrected chi connectivity index (χ1v) is 15.3. The van der Waals surface area contributed by atoms with Gasteiger partial charge in [-0.25, -0.2) is 0 Å². The molecule has 0 radical (unpaired) electrons. The molecule has 0 saturated carbocycles. The van der Waals surface area contributed by atoms with E-state index in [0.29, 0.717) is 0 Å². The molecule has 210 valence electrons. The highest BCUT2D eigenvalue weighted by atomic mass is 15.0. The fourth-order valence-corrected chi connectivity index (χ4v) is 6.92. The smallest absolute Gasteiger partial charge is 0.0541 e. The molecule has 1 aromatic heterocycles. The summed E-state index contributed by atoms with van der Waals surface area (Å²) in [6.45, 7) is 18.5. The Hall–Kier alpha value is -4.10. The quantitative estimate of drug-likeness (QED) is 0.203. The van der Waals surface area contributed by atoms with Crippen LogP contribution in [0.3, 0.4) is 0 Å². The summed E-state index contributed by atoms with van der Waals surface area (Å²) in [6, 6.07) is 39.1. The third kappa shape index (κ3) is 4.05. The van der Waals surface area contributed by atoms with Gasteiger partial charge in [-0.1, -0.05) is 116 Å². The molecule has 0 unspecified atom stereocenters. The number of hydrogen-bond donors (Lipinski definition) is 0. The summed E-state index contributed by atoms with van der Waals surface area (Å²) >= 11 is 0. The van der Waals surface area contributed by atoms with Crippen molar-refractivity contribution < 1.29 is 0 Å². The van der Waals surface area contributed by atoms with Crippen LogP contribution < -0.4 is 0 Å².